The number of aromatic nitrogens is 1. The second kappa shape index (κ2) is 15.2. The summed E-state index contributed by atoms with van der Waals surface area (Å²) in [5.41, 5.74) is -1.84. The Bertz CT molecular complexity index is 1920. The zero-order chi connectivity index (χ0) is 38.2. The van der Waals surface area contributed by atoms with Crippen LogP contribution in [0.5, 0.6) is 5.88 Å². The van der Waals surface area contributed by atoms with E-state index in [2.05, 4.69) is 38.8 Å². The van der Waals surface area contributed by atoms with Crippen molar-refractivity contribution in [2.45, 2.75) is 102 Å². The topological polar surface area (TPSA) is 166 Å². The standard InChI is InChI=1S/C38H46BrN3O9S/c1-7-25-19-38(25,36(47)41-52(48,49)28-11-12-28)20-32(44)30-18-27(50-34-29-17-26(39)10-8-23(29)14-15-40-34)21-42(30)35(46)24(9-13-31(43)22(2)3)16-33(45)51-37(4,5)6/h7-8,10,14-15,17,24-25,27-28,30H,1-2,9,11-13,16,18-21H2,3-6H3,(H,41,47)/t24-,25-,27-,30+,38-/m1/s1. The van der Waals surface area contributed by atoms with Crippen LogP contribution in [0.3, 0.4) is 0 Å². The number of pyridine rings is 1. The molecule has 0 bridgehead atoms. The molecule has 2 amide bonds. The molecule has 3 aliphatic rings. The second-order valence-electron chi connectivity index (χ2n) is 15.2. The average Bonchev–Trinajstić information content (AvgIpc) is 3.98. The number of nitrogens with zero attached hydrogens (tertiary/aromatic N) is 2. The summed E-state index contributed by atoms with van der Waals surface area (Å²) < 4.78 is 40.3. The summed E-state index contributed by atoms with van der Waals surface area (Å²) in [6.45, 7) is 14.1. The lowest BCUT2D eigenvalue weighted by Gasteiger charge is -2.29. The number of Topliss-reactive ketones (excluding diaryl/α,β-unsaturated/α-hetero) is 2. The van der Waals surface area contributed by atoms with Gasteiger partial charge >= 0.3 is 5.97 Å². The van der Waals surface area contributed by atoms with E-state index in [1.54, 1.807) is 40.0 Å². The molecule has 1 N–H and O–H groups in total. The van der Waals surface area contributed by atoms with E-state index in [-0.39, 0.29) is 50.9 Å². The van der Waals surface area contributed by atoms with Gasteiger partial charge in [0.05, 0.1) is 29.7 Å². The fourth-order valence-electron chi connectivity index (χ4n) is 6.76. The third-order valence-corrected chi connectivity index (χ3v) is 12.1. The quantitative estimate of drug-likeness (QED) is 0.132. The van der Waals surface area contributed by atoms with Crippen molar-refractivity contribution in [1.29, 1.82) is 0 Å². The van der Waals surface area contributed by atoms with Crippen molar-refractivity contribution in [2.75, 3.05) is 6.54 Å². The molecule has 1 aliphatic heterocycles. The van der Waals surface area contributed by atoms with Gasteiger partial charge in [-0.2, -0.15) is 0 Å². The summed E-state index contributed by atoms with van der Waals surface area (Å²) in [7, 11) is -3.88. The van der Waals surface area contributed by atoms with Crippen molar-refractivity contribution < 1.29 is 41.9 Å². The third kappa shape index (κ3) is 9.17. The van der Waals surface area contributed by atoms with E-state index < -0.39 is 73.8 Å². The van der Waals surface area contributed by atoms with Crippen molar-refractivity contribution in [3.8, 4) is 5.88 Å². The highest BCUT2D eigenvalue weighted by atomic mass is 79.9. The summed E-state index contributed by atoms with van der Waals surface area (Å²) in [5, 5.41) is 0.947. The van der Waals surface area contributed by atoms with Gasteiger partial charge in [0.25, 0.3) is 0 Å². The molecule has 280 valence electrons. The van der Waals surface area contributed by atoms with Crippen LogP contribution in [-0.4, -0.2) is 77.2 Å². The minimum Gasteiger partial charge on any atom is -0.472 e. The molecule has 12 nitrogen and oxygen atoms in total. The molecule has 1 aromatic carbocycles. The zero-order valence-electron chi connectivity index (χ0n) is 30.0. The number of hydrogen-bond acceptors (Lipinski definition) is 10. The number of nitrogens with one attached hydrogen (secondary N) is 1. The molecule has 5 rings (SSSR count). The summed E-state index contributed by atoms with van der Waals surface area (Å²) in [6.07, 6.45) is 2.95. The number of ketones is 2. The van der Waals surface area contributed by atoms with E-state index >= 15 is 0 Å². The Labute approximate surface area is 312 Å². The van der Waals surface area contributed by atoms with Crippen LogP contribution in [-0.2, 0) is 38.7 Å². The Kier molecular flexibility index (Phi) is 11.5. The van der Waals surface area contributed by atoms with Crippen molar-refractivity contribution in [2.24, 2.45) is 17.3 Å². The minimum absolute atomic E-state index is 0.00944. The number of allylic oxidation sites excluding steroid dienone is 2. The molecule has 2 saturated carbocycles. The normalized spacial score (nSPS) is 23.4. The number of sulfonamides is 1. The van der Waals surface area contributed by atoms with Crippen molar-refractivity contribution >= 4 is 66.1 Å². The molecular weight excluding hydrogens is 754 g/mol. The largest absolute Gasteiger partial charge is 0.472 e. The van der Waals surface area contributed by atoms with Gasteiger partial charge in [-0.3, -0.25) is 28.7 Å². The number of hydrogen-bond donors (Lipinski definition) is 1. The molecular formula is C38H46BrN3O9S. The summed E-state index contributed by atoms with van der Waals surface area (Å²) in [6, 6.07) is 6.40. The second-order valence-corrected chi connectivity index (χ2v) is 18.1. The first kappa shape index (κ1) is 39.3. The molecule has 0 spiro atoms. The fraction of sp³-hybridized carbons (Fsp3) is 0.526. The predicted molar refractivity (Wildman–Crippen MR) is 197 cm³/mol. The molecule has 5 atom stereocenters. The van der Waals surface area contributed by atoms with E-state index in [0.29, 0.717) is 29.7 Å². The van der Waals surface area contributed by atoms with E-state index in [9.17, 15) is 32.4 Å². The smallest absolute Gasteiger partial charge is 0.307 e. The number of carbonyl (C=O) groups is 5. The highest BCUT2D eigenvalue weighted by Gasteiger charge is 2.61. The first-order valence-corrected chi connectivity index (χ1v) is 19.8. The van der Waals surface area contributed by atoms with Gasteiger partial charge in [-0.15, -0.1) is 6.58 Å². The maximum absolute atomic E-state index is 14.5. The van der Waals surface area contributed by atoms with Crippen molar-refractivity contribution in [1.82, 2.24) is 14.6 Å². The first-order chi connectivity index (χ1) is 24.3. The van der Waals surface area contributed by atoms with Gasteiger partial charge in [-0.25, -0.2) is 13.4 Å². The predicted octanol–water partition coefficient (Wildman–Crippen LogP) is 5.38. The summed E-state index contributed by atoms with van der Waals surface area (Å²) >= 11 is 3.48. The van der Waals surface area contributed by atoms with Gasteiger partial charge in [0.15, 0.2) is 11.6 Å². The molecule has 0 radical (unpaired) electrons. The molecule has 2 heterocycles. The van der Waals surface area contributed by atoms with E-state index in [0.717, 1.165) is 9.86 Å². The van der Waals surface area contributed by atoms with Crippen LogP contribution in [0.25, 0.3) is 10.8 Å². The van der Waals surface area contributed by atoms with Crippen LogP contribution in [0.1, 0.15) is 79.1 Å². The summed E-state index contributed by atoms with van der Waals surface area (Å²) in [5.74, 6) is -3.78. The van der Waals surface area contributed by atoms with Gasteiger partial charge in [0.1, 0.15) is 11.7 Å². The van der Waals surface area contributed by atoms with Crippen molar-refractivity contribution in [3.05, 3.63) is 59.7 Å². The lowest BCUT2D eigenvalue weighted by Crippen LogP contribution is -2.46. The molecule has 0 unspecified atom stereocenters. The number of carbonyl (C=O) groups excluding carboxylic acids is 5. The molecule has 1 aromatic heterocycles. The zero-order valence-corrected chi connectivity index (χ0v) is 32.4. The molecule has 3 fully saturated rings. The van der Waals surface area contributed by atoms with Gasteiger partial charge in [0, 0.05) is 41.2 Å². The maximum Gasteiger partial charge on any atom is 0.307 e. The maximum atomic E-state index is 14.5. The third-order valence-electron chi connectivity index (χ3n) is 9.82. The number of benzene rings is 1. The molecule has 1 saturated heterocycles. The molecule has 14 heteroatoms. The highest BCUT2D eigenvalue weighted by molar-refractivity contribution is 9.10. The Balaban J connectivity index is 1.45. The summed E-state index contributed by atoms with van der Waals surface area (Å²) in [4.78, 5) is 73.8. The van der Waals surface area contributed by atoms with E-state index in [4.69, 9.17) is 9.47 Å². The van der Waals surface area contributed by atoms with E-state index in [1.807, 2.05) is 24.3 Å². The van der Waals surface area contributed by atoms with Crippen LogP contribution >= 0.6 is 15.9 Å². The van der Waals surface area contributed by atoms with Crippen LogP contribution < -0.4 is 9.46 Å². The lowest BCUT2D eigenvalue weighted by atomic mass is 9.90. The Morgan fingerprint density at radius 1 is 1.17 bits per heavy atom. The number of fused-ring (bicyclic) bond motifs is 1. The van der Waals surface area contributed by atoms with Crippen LogP contribution in [0, 0.1) is 17.3 Å². The van der Waals surface area contributed by atoms with Gasteiger partial charge in [-0.1, -0.05) is 34.7 Å². The molecule has 52 heavy (non-hydrogen) atoms. The Hall–Kier alpha value is -3.91. The van der Waals surface area contributed by atoms with Crippen molar-refractivity contribution in [3.63, 3.8) is 0 Å². The van der Waals surface area contributed by atoms with Crippen LogP contribution in [0.15, 0.2) is 59.7 Å². The monoisotopic (exact) mass is 799 g/mol. The fourth-order valence-corrected chi connectivity index (χ4v) is 8.50. The van der Waals surface area contributed by atoms with E-state index in [1.165, 1.54) is 4.90 Å². The Morgan fingerprint density at radius 3 is 2.50 bits per heavy atom. The molecule has 2 aromatic rings. The van der Waals surface area contributed by atoms with Crippen LogP contribution in [0.2, 0.25) is 0 Å². The Morgan fingerprint density at radius 2 is 1.88 bits per heavy atom. The number of amides is 2. The highest BCUT2D eigenvalue weighted by Crippen LogP contribution is 2.57. The average molecular weight is 801 g/mol. The minimum atomic E-state index is -3.88. The van der Waals surface area contributed by atoms with Crippen LogP contribution in [0.4, 0.5) is 0 Å². The number of esters is 1. The number of rotatable bonds is 16. The lowest BCUT2D eigenvalue weighted by molar-refractivity contribution is -0.159. The number of halogens is 1. The molecule has 2 aliphatic carbocycles. The number of likely N-dealkylation sites (tertiary alicyclic amines) is 1. The SMILES string of the molecule is C=C[C@@H]1C[C@]1(CC(=O)[C@@H]1C[C@@H](Oc2nccc3ccc(Br)cc23)CN1C(=O)[C@H](CCC(=O)C(=C)C)CC(=O)OC(C)(C)C)C(=O)NS(=O)(=O)C1CC1. The van der Waals surface area contributed by atoms with Gasteiger partial charge in [0.2, 0.25) is 27.7 Å². The first-order valence-electron chi connectivity index (χ1n) is 17.5. The van der Waals surface area contributed by atoms with Gasteiger partial charge in [-0.05, 0) is 88.5 Å². The number of ether oxygens (including phenoxy) is 2. The van der Waals surface area contributed by atoms with Gasteiger partial charge < -0.3 is 14.4 Å².